The Kier molecular flexibility index (Phi) is 5.99. The quantitative estimate of drug-likeness (QED) is 0.719. The molecule has 1 fully saturated rings. The first-order valence-corrected chi connectivity index (χ1v) is 7.49. The van der Waals surface area contributed by atoms with E-state index in [9.17, 15) is 9.59 Å². The molecule has 116 valence electrons. The maximum atomic E-state index is 12.3. The Bertz CT molecular complexity index is 350. The SMILES string of the molecule is CCC1CCNC(C(=O)NC(CC(=O)O)C(C)(C)C)C1. The second-order valence-corrected chi connectivity index (χ2v) is 6.83. The Morgan fingerprint density at radius 1 is 1.40 bits per heavy atom. The average Bonchev–Trinajstić information content (AvgIpc) is 2.36. The molecule has 20 heavy (non-hydrogen) atoms. The van der Waals surface area contributed by atoms with E-state index in [0.717, 1.165) is 25.8 Å². The van der Waals surface area contributed by atoms with Crippen LogP contribution >= 0.6 is 0 Å². The maximum absolute atomic E-state index is 12.3. The molecule has 1 amide bonds. The molecular formula is C15H28N2O3. The molecule has 0 spiro atoms. The van der Waals surface area contributed by atoms with Crippen LogP contribution in [0.3, 0.4) is 0 Å². The van der Waals surface area contributed by atoms with E-state index in [1.165, 1.54) is 0 Å². The van der Waals surface area contributed by atoms with E-state index >= 15 is 0 Å². The number of carbonyl (C=O) groups excluding carboxylic acids is 1. The lowest BCUT2D eigenvalue weighted by molar-refractivity contribution is -0.138. The van der Waals surface area contributed by atoms with Gasteiger partial charge < -0.3 is 15.7 Å². The van der Waals surface area contributed by atoms with Crippen molar-refractivity contribution < 1.29 is 14.7 Å². The fourth-order valence-electron chi connectivity index (χ4n) is 2.59. The lowest BCUT2D eigenvalue weighted by atomic mass is 9.84. The zero-order valence-electron chi connectivity index (χ0n) is 13.0. The summed E-state index contributed by atoms with van der Waals surface area (Å²) in [5.41, 5.74) is -0.271. The van der Waals surface area contributed by atoms with E-state index < -0.39 is 5.97 Å². The van der Waals surface area contributed by atoms with E-state index in [1.807, 2.05) is 20.8 Å². The molecule has 0 aromatic heterocycles. The zero-order chi connectivity index (χ0) is 15.3. The highest BCUT2D eigenvalue weighted by Gasteiger charge is 2.32. The van der Waals surface area contributed by atoms with E-state index in [0.29, 0.717) is 5.92 Å². The summed E-state index contributed by atoms with van der Waals surface area (Å²) in [5.74, 6) is -0.364. The summed E-state index contributed by atoms with van der Waals surface area (Å²) >= 11 is 0. The minimum absolute atomic E-state index is 0.0425. The van der Waals surface area contributed by atoms with E-state index in [1.54, 1.807) is 0 Å². The number of piperidine rings is 1. The van der Waals surface area contributed by atoms with Crippen LogP contribution in [-0.2, 0) is 9.59 Å². The van der Waals surface area contributed by atoms with Crippen LogP contribution in [0, 0.1) is 11.3 Å². The van der Waals surface area contributed by atoms with Gasteiger partial charge in [-0.1, -0.05) is 34.1 Å². The molecule has 3 unspecified atom stereocenters. The fraction of sp³-hybridized carbons (Fsp3) is 0.867. The van der Waals surface area contributed by atoms with Crippen molar-refractivity contribution in [2.75, 3.05) is 6.54 Å². The molecule has 5 nitrogen and oxygen atoms in total. The van der Waals surface area contributed by atoms with Crippen molar-refractivity contribution >= 4 is 11.9 Å². The van der Waals surface area contributed by atoms with Gasteiger partial charge in [0.15, 0.2) is 0 Å². The Morgan fingerprint density at radius 3 is 2.55 bits per heavy atom. The Hall–Kier alpha value is -1.10. The molecule has 0 bridgehead atoms. The van der Waals surface area contributed by atoms with Gasteiger partial charge in [-0.2, -0.15) is 0 Å². The number of carboxylic acid groups (broad SMARTS) is 1. The van der Waals surface area contributed by atoms with E-state index in [4.69, 9.17) is 5.11 Å². The van der Waals surface area contributed by atoms with Crippen LogP contribution < -0.4 is 10.6 Å². The van der Waals surface area contributed by atoms with E-state index in [-0.39, 0.29) is 29.8 Å². The summed E-state index contributed by atoms with van der Waals surface area (Å²) in [5, 5.41) is 15.1. The molecule has 5 heteroatoms. The first-order valence-electron chi connectivity index (χ1n) is 7.49. The third kappa shape index (κ3) is 5.12. The zero-order valence-corrected chi connectivity index (χ0v) is 13.0. The highest BCUT2D eigenvalue weighted by Crippen LogP contribution is 2.23. The molecule has 0 aromatic carbocycles. The first kappa shape index (κ1) is 17.0. The lowest BCUT2D eigenvalue weighted by Gasteiger charge is -2.34. The maximum Gasteiger partial charge on any atom is 0.305 e. The molecule has 1 heterocycles. The number of amides is 1. The van der Waals surface area contributed by atoms with Gasteiger partial charge >= 0.3 is 5.97 Å². The van der Waals surface area contributed by atoms with Crippen molar-refractivity contribution in [3.8, 4) is 0 Å². The number of rotatable bonds is 5. The highest BCUT2D eigenvalue weighted by atomic mass is 16.4. The molecule has 1 aliphatic rings. The topological polar surface area (TPSA) is 78.4 Å². The second-order valence-electron chi connectivity index (χ2n) is 6.83. The molecule has 3 N–H and O–H groups in total. The standard InChI is InChI=1S/C15H28N2O3/c1-5-10-6-7-16-11(8-10)14(20)17-12(9-13(18)19)15(2,3)4/h10-12,16H,5-9H2,1-4H3,(H,17,20)(H,18,19). The second kappa shape index (κ2) is 7.07. The average molecular weight is 284 g/mol. The summed E-state index contributed by atoms with van der Waals surface area (Å²) < 4.78 is 0. The van der Waals surface area contributed by atoms with Crippen LogP contribution in [-0.4, -0.2) is 35.6 Å². The number of nitrogens with one attached hydrogen (secondary N) is 2. The number of aliphatic carboxylic acids is 1. The Labute approximate surface area is 121 Å². The van der Waals surface area contributed by atoms with Crippen LogP contribution in [0.5, 0.6) is 0 Å². The smallest absolute Gasteiger partial charge is 0.305 e. The minimum atomic E-state index is -0.881. The minimum Gasteiger partial charge on any atom is -0.481 e. The summed E-state index contributed by atoms with van der Waals surface area (Å²) in [6.07, 6.45) is 2.99. The van der Waals surface area contributed by atoms with Gasteiger partial charge in [0, 0.05) is 6.04 Å². The van der Waals surface area contributed by atoms with Gasteiger partial charge in [-0.3, -0.25) is 9.59 Å². The highest BCUT2D eigenvalue weighted by molar-refractivity contribution is 5.82. The van der Waals surface area contributed by atoms with Crippen LogP contribution in [0.25, 0.3) is 0 Å². The third-order valence-corrected chi connectivity index (χ3v) is 4.15. The summed E-state index contributed by atoms with van der Waals surface area (Å²) in [4.78, 5) is 23.3. The van der Waals surface area contributed by atoms with Crippen LogP contribution in [0.2, 0.25) is 0 Å². The normalized spacial score (nSPS) is 25.0. The monoisotopic (exact) mass is 284 g/mol. The largest absolute Gasteiger partial charge is 0.481 e. The van der Waals surface area contributed by atoms with Gasteiger partial charge in [0.1, 0.15) is 0 Å². The molecule has 1 aliphatic heterocycles. The van der Waals surface area contributed by atoms with Gasteiger partial charge in [0.2, 0.25) is 5.91 Å². The Morgan fingerprint density at radius 2 is 2.05 bits per heavy atom. The Balaban J connectivity index is 2.63. The predicted molar refractivity (Wildman–Crippen MR) is 78.4 cm³/mol. The third-order valence-electron chi connectivity index (χ3n) is 4.15. The molecule has 1 saturated heterocycles. The van der Waals surface area contributed by atoms with Crippen molar-refractivity contribution in [2.24, 2.45) is 11.3 Å². The van der Waals surface area contributed by atoms with Crippen molar-refractivity contribution in [2.45, 2.75) is 65.5 Å². The van der Waals surface area contributed by atoms with Crippen molar-refractivity contribution in [3.63, 3.8) is 0 Å². The number of carboxylic acids is 1. The van der Waals surface area contributed by atoms with Crippen LogP contribution in [0.4, 0.5) is 0 Å². The van der Waals surface area contributed by atoms with Crippen molar-refractivity contribution in [3.05, 3.63) is 0 Å². The molecule has 1 rings (SSSR count). The summed E-state index contributed by atoms with van der Waals surface area (Å²) in [6.45, 7) is 8.85. The number of hydrogen-bond donors (Lipinski definition) is 3. The van der Waals surface area contributed by atoms with Crippen molar-refractivity contribution in [1.82, 2.24) is 10.6 Å². The van der Waals surface area contributed by atoms with Gasteiger partial charge in [0.05, 0.1) is 12.5 Å². The van der Waals surface area contributed by atoms with Gasteiger partial charge in [-0.05, 0) is 30.7 Å². The van der Waals surface area contributed by atoms with E-state index in [2.05, 4.69) is 17.6 Å². The molecule has 3 atom stereocenters. The molecule has 0 aromatic rings. The predicted octanol–water partition coefficient (Wildman–Crippen LogP) is 1.77. The molecule has 0 radical (unpaired) electrons. The lowest BCUT2D eigenvalue weighted by Crippen LogP contribution is -2.54. The summed E-state index contributed by atoms with van der Waals surface area (Å²) in [7, 11) is 0. The fourth-order valence-corrected chi connectivity index (χ4v) is 2.59. The molecular weight excluding hydrogens is 256 g/mol. The first-order chi connectivity index (χ1) is 9.24. The summed E-state index contributed by atoms with van der Waals surface area (Å²) in [6, 6.07) is -0.538. The van der Waals surface area contributed by atoms with Gasteiger partial charge in [-0.15, -0.1) is 0 Å². The molecule has 0 saturated carbocycles. The van der Waals surface area contributed by atoms with Gasteiger partial charge in [0.25, 0.3) is 0 Å². The number of carbonyl (C=O) groups is 2. The van der Waals surface area contributed by atoms with Crippen molar-refractivity contribution in [1.29, 1.82) is 0 Å². The number of hydrogen-bond acceptors (Lipinski definition) is 3. The van der Waals surface area contributed by atoms with Crippen LogP contribution in [0.15, 0.2) is 0 Å². The molecule has 0 aliphatic carbocycles. The van der Waals surface area contributed by atoms with Gasteiger partial charge in [-0.25, -0.2) is 0 Å². The van der Waals surface area contributed by atoms with Crippen LogP contribution in [0.1, 0.15) is 53.4 Å².